The van der Waals surface area contributed by atoms with Crippen LogP contribution >= 0.6 is 0 Å². The molecule has 2 aromatic heterocycles. The van der Waals surface area contributed by atoms with E-state index in [1.54, 1.807) is 30.3 Å². The number of benzene rings is 3. The second kappa shape index (κ2) is 27.8. The lowest BCUT2D eigenvalue weighted by molar-refractivity contribution is -0.286. The summed E-state index contributed by atoms with van der Waals surface area (Å²) in [4.78, 5) is 80.6. The van der Waals surface area contributed by atoms with E-state index < -0.39 is 17.3 Å². The molecule has 1 atom stereocenters. The molecule has 5 aromatic rings. The maximum absolute atomic E-state index is 13.6. The summed E-state index contributed by atoms with van der Waals surface area (Å²) < 4.78 is 54.5. The molecule has 1 saturated carbocycles. The Bertz CT molecular complexity index is 3100. The Kier molecular flexibility index (Phi) is 20.1. The molecular formula is C60H74F2N10O11. The van der Waals surface area contributed by atoms with Crippen LogP contribution in [-0.2, 0) is 40.6 Å². The summed E-state index contributed by atoms with van der Waals surface area (Å²) in [6, 6.07) is 26.3. The first-order chi connectivity index (χ1) is 40.0. The van der Waals surface area contributed by atoms with Gasteiger partial charge in [0.1, 0.15) is 18.2 Å². The van der Waals surface area contributed by atoms with Crippen LogP contribution in [0.1, 0.15) is 72.0 Å². The van der Waals surface area contributed by atoms with Gasteiger partial charge in [0, 0.05) is 95.6 Å². The SMILES string of the molecule is Cc1ccc(NC(=O)C2(c3ccc4c(c3)OC(F)(F)O4)CC2)nc1-c1cccc(C(=O)NCCOCCOCCOCC(=O)NCCN2CCN(CCNc3cc(=O)n(CC4(O)CCN(C(=O)C[C@@H](C)c5ccccc5)CC4)cn3)CC2)c1. The van der Waals surface area contributed by atoms with Crippen molar-refractivity contribution >= 4 is 35.3 Å². The van der Waals surface area contributed by atoms with Gasteiger partial charge in [-0.1, -0.05) is 61.5 Å². The third kappa shape index (κ3) is 16.7. The maximum Gasteiger partial charge on any atom is 0.586 e. The van der Waals surface area contributed by atoms with E-state index in [1.807, 2.05) is 61.2 Å². The number of aryl methyl sites for hydroxylation is 1. The Morgan fingerprint density at radius 2 is 1.43 bits per heavy atom. The number of amides is 4. The van der Waals surface area contributed by atoms with Gasteiger partial charge in [0.25, 0.3) is 11.5 Å². The van der Waals surface area contributed by atoms with Crippen LogP contribution in [0, 0.1) is 6.92 Å². The van der Waals surface area contributed by atoms with Gasteiger partial charge in [-0.3, -0.25) is 38.3 Å². The molecule has 23 heteroatoms. The lowest BCUT2D eigenvalue weighted by atomic mass is 9.90. The number of aliphatic hydroxyl groups is 1. The second-order valence-electron chi connectivity index (χ2n) is 21.7. The largest absolute Gasteiger partial charge is 0.586 e. The number of piperazine rings is 1. The number of nitrogens with one attached hydrogen (secondary N) is 4. The van der Waals surface area contributed by atoms with Crippen LogP contribution in [0.4, 0.5) is 20.4 Å². The molecule has 21 nitrogen and oxygen atoms in total. The topological polar surface area (TPSA) is 240 Å². The van der Waals surface area contributed by atoms with E-state index in [1.165, 1.54) is 29.1 Å². The number of carbonyl (C=O) groups is 4. The Labute approximate surface area is 481 Å². The first-order valence-electron chi connectivity index (χ1n) is 28.4. The Morgan fingerprint density at radius 3 is 2.16 bits per heavy atom. The van der Waals surface area contributed by atoms with Gasteiger partial charge in [-0.2, -0.15) is 0 Å². The lowest BCUT2D eigenvalue weighted by Crippen LogP contribution is -2.49. The molecule has 0 bridgehead atoms. The molecule has 0 radical (unpaired) electrons. The molecule has 1 aliphatic carbocycles. The Hall–Kier alpha value is -7.41. The fourth-order valence-corrected chi connectivity index (χ4v) is 10.5. The quantitative estimate of drug-likeness (QED) is 0.0424. The summed E-state index contributed by atoms with van der Waals surface area (Å²) in [5, 5.41) is 23.2. The molecule has 3 aromatic carbocycles. The molecule has 3 aliphatic heterocycles. The summed E-state index contributed by atoms with van der Waals surface area (Å²) in [5.74, 6) is -0.0519. The van der Waals surface area contributed by atoms with Crippen LogP contribution in [0.5, 0.6) is 11.5 Å². The number of ether oxygens (including phenoxy) is 5. The highest BCUT2D eigenvalue weighted by Crippen LogP contribution is 2.52. The predicted molar refractivity (Wildman–Crippen MR) is 305 cm³/mol. The molecule has 9 rings (SSSR count). The molecule has 4 amide bonds. The number of rotatable bonds is 28. The molecule has 2 saturated heterocycles. The van der Waals surface area contributed by atoms with Crippen LogP contribution in [0.2, 0.25) is 0 Å². The molecule has 444 valence electrons. The van der Waals surface area contributed by atoms with Crippen molar-refractivity contribution < 1.29 is 56.7 Å². The molecule has 4 aliphatic rings. The van der Waals surface area contributed by atoms with Crippen molar-refractivity contribution in [2.45, 2.75) is 75.7 Å². The van der Waals surface area contributed by atoms with Crippen molar-refractivity contribution in [2.75, 3.05) is 122 Å². The number of hydrogen-bond acceptors (Lipinski definition) is 16. The highest BCUT2D eigenvalue weighted by Gasteiger charge is 2.53. The maximum atomic E-state index is 13.6. The zero-order valence-electron chi connectivity index (χ0n) is 47.0. The van der Waals surface area contributed by atoms with Crippen LogP contribution in [0.15, 0.2) is 102 Å². The molecule has 0 unspecified atom stereocenters. The van der Waals surface area contributed by atoms with Crippen molar-refractivity contribution in [3.05, 3.63) is 130 Å². The summed E-state index contributed by atoms with van der Waals surface area (Å²) >= 11 is 0. The van der Waals surface area contributed by atoms with E-state index in [4.69, 9.17) is 19.2 Å². The predicted octanol–water partition coefficient (Wildman–Crippen LogP) is 4.78. The minimum absolute atomic E-state index is 0.0740. The fourth-order valence-electron chi connectivity index (χ4n) is 10.5. The van der Waals surface area contributed by atoms with Crippen molar-refractivity contribution in [1.29, 1.82) is 0 Å². The van der Waals surface area contributed by atoms with Crippen molar-refractivity contribution in [1.82, 2.24) is 39.9 Å². The zero-order chi connectivity index (χ0) is 58.4. The monoisotopic (exact) mass is 1150 g/mol. The summed E-state index contributed by atoms with van der Waals surface area (Å²) in [6.45, 7) is 12.6. The van der Waals surface area contributed by atoms with Gasteiger partial charge in [0.05, 0.1) is 62.6 Å². The molecule has 5 heterocycles. The van der Waals surface area contributed by atoms with Crippen molar-refractivity contribution in [3.63, 3.8) is 0 Å². The van der Waals surface area contributed by atoms with Gasteiger partial charge in [-0.15, -0.1) is 8.78 Å². The number of carbonyl (C=O) groups excluding carboxylic acids is 4. The summed E-state index contributed by atoms with van der Waals surface area (Å²) in [7, 11) is 0. The van der Waals surface area contributed by atoms with E-state index in [0.717, 1.165) is 50.4 Å². The van der Waals surface area contributed by atoms with Crippen LogP contribution in [0.25, 0.3) is 11.3 Å². The van der Waals surface area contributed by atoms with E-state index >= 15 is 0 Å². The van der Waals surface area contributed by atoms with Gasteiger partial charge in [0.15, 0.2) is 11.5 Å². The Morgan fingerprint density at radius 1 is 0.735 bits per heavy atom. The number of halogens is 2. The number of aromatic nitrogens is 3. The van der Waals surface area contributed by atoms with Gasteiger partial charge < -0.3 is 55.0 Å². The molecule has 5 N–H and O–H groups in total. The van der Waals surface area contributed by atoms with Gasteiger partial charge >= 0.3 is 6.29 Å². The zero-order valence-corrected chi connectivity index (χ0v) is 47.0. The average Bonchev–Trinajstić information content (AvgIpc) is 2.22. The summed E-state index contributed by atoms with van der Waals surface area (Å²) in [6.07, 6.45) is -0.0427. The standard InChI is InChI=1S/C60H74F2N10O11/c1-42-11-14-50(68-57(77)59(15-16-59)47-12-13-48-49(37-47)83-60(61,62)82-48)67-55(42)45-9-6-10-46(36-45)56(76)65-21-30-79-31-32-80-33-34-81-39-52(73)64-20-25-70-28-26-69(27-29-70)24-19-63-51-38-54(75)72(41-66-51)40-58(78)17-22-71(23-18-58)53(74)35-43(2)44-7-4-3-5-8-44/h3-14,36-38,41,43,63,78H,15-35,39-40H2,1-2H3,(H,64,73)(H,65,76)(H,67,68,77)/t43-/m1/s1. The smallest absolute Gasteiger partial charge is 0.395 e. The minimum Gasteiger partial charge on any atom is -0.395 e. The van der Waals surface area contributed by atoms with Crippen LogP contribution < -0.4 is 36.3 Å². The first kappa shape index (κ1) is 60.2. The average molecular weight is 1150 g/mol. The number of fused-ring (bicyclic) bond motifs is 1. The highest BCUT2D eigenvalue weighted by atomic mass is 19.3. The molecular weight excluding hydrogens is 1070 g/mol. The fraction of sp³-hybridized carbons (Fsp3) is 0.483. The minimum atomic E-state index is -3.76. The second-order valence-corrected chi connectivity index (χ2v) is 21.7. The van der Waals surface area contributed by atoms with E-state index in [-0.39, 0.29) is 86.1 Å². The number of piperidine rings is 1. The third-order valence-electron chi connectivity index (χ3n) is 15.6. The number of nitrogens with zero attached hydrogens (tertiary/aromatic N) is 6. The van der Waals surface area contributed by atoms with Gasteiger partial charge in [-0.05, 0) is 85.5 Å². The van der Waals surface area contributed by atoms with E-state index in [0.29, 0.717) is 106 Å². The number of alkyl halides is 2. The number of pyridine rings is 1. The summed E-state index contributed by atoms with van der Waals surface area (Å²) in [5.41, 5.74) is 1.91. The third-order valence-corrected chi connectivity index (χ3v) is 15.6. The van der Waals surface area contributed by atoms with Crippen LogP contribution in [0.3, 0.4) is 0 Å². The van der Waals surface area contributed by atoms with Gasteiger partial charge in [0.2, 0.25) is 17.7 Å². The number of anilines is 2. The van der Waals surface area contributed by atoms with Crippen molar-refractivity contribution in [2.24, 2.45) is 0 Å². The Balaban J connectivity index is 0.566. The molecule has 83 heavy (non-hydrogen) atoms. The molecule has 0 spiro atoms. The lowest BCUT2D eigenvalue weighted by Gasteiger charge is -2.38. The number of hydrogen-bond donors (Lipinski definition) is 5. The van der Waals surface area contributed by atoms with E-state index in [2.05, 4.69) is 45.5 Å². The van der Waals surface area contributed by atoms with Crippen molar-refractivity contribution in [3.8, 4) is 22.8 Å². The molecule has 3 fully saturated rings. The first-order valence-corrected chi connectivity index (χ1v) is 28.4. The van der Waals surface area contributed by atoms with Gasteiger partial charge in [-0.25, -0.2) is 9.97 Å². The van der Waals surface area contributed by atoms with Crippen LogP contribution in [-0.4, -0.2) is 181 Å². The van der Waals surface area contributed by atoms with E-state index in [9.17, 15) is 37.9 Å². The normalized spacial score (nSPS) is 17.3. The number of likely N-dealkylation sites (tertiary alicyclic amines) is 1. The highest BCUT2D eigenvalue weighted by molar-refractivity contribution is 6.01.